The number of benzene rings is 1. The zero-order chi connectivity index (χ0) is 21.2. The van der Waals surface area contributed by atoms with E-state index in [1.807, 2.05) is 38.2 Å². The van der Waals surface area contributed by atoms with Gasteiger partial charge in [-0.25, -0.2) is 0 Å². The van der Waals surface area contributed by atoms with Crippen molar-refractivity contribution in [3.05, 3.63) is 46.8 Å². The predicted molar refractivity (Wildman–Crippen MR) is 113 cm³/mol. The van der Waals surface area contributed by atoms with Crippen LogP contribution < -0.4 is 4.74 Å². The molecule has 1 aromatic carbocycles. The van der Waals surface area contributed by atoms with E-state index in [4.69, 9.17) is 4.74 Å². The second kappa shape index (κ2) is 8.57. The van der Waals surface area contributed by atoms with Crippen LogP contribution in [0.15, 0.2) is 24.3 Å². The quantitative estimate of drug-likeness (QED) is 0.809. The molecule has 0 aliphatic carbocycles. The maximum absolute atomic E-state index is 12.9. The van der Waals surface area contributed by atoms with Gasteiger partial charge in [0.25, 0.3) is 5.91 Å². The van der Waals surface area contributed by atoms with Crippen LogP contribution in [0.1, 0.15) is 54.0 Å². The number of aryl methyl sites for hydroxylation is 3. The summed E-state index contributed by atoms with van der Waals surface area (Å²) in [6.07, 6.45) is 1.86. The predicted octanol–water partition coefficient (Wildman–Crippen LogP) is 3.28. The van der Waals surface area contributed by atoms with Gasteiger partial charge in [0.05, 0.1) is 5.69 Å². The monoisotopic (exact) mass is 399 g/mol. The van der Waals surface area contributed by atoms with Crippen LogP contribution >= 0.6 is 0 Å². The Morgan fingerprint density at radius 2 is 1.90 bits per heavy atom. The molecule has 0 radical (unpaired) electrons. The van der Waals surface area contributed by atoms with E-state index in [0.717, 1.165) is 17.9 Å². The highest BCUT2D eigenvalue weighted by atomic mass is 16.5. The van der Waals surface area contributed by atoms with Gasteiger partial charge in [0, 0.05) is 20.1 Å². The number of amides is 1. The molecular formula is C23H33N3O3. The third-order valence-corrected chi connectivity index (χ3v) is 5.73. The van der Waals surface area contributed by atoms with Crippen LogP contribution in [0, 0.1) is 19.8 Å². The minimum atomic E-state index is -0.912. The minimum absolute atomic E-state index is 0.0212. The van der Waals surface area contributed by atoms with Gasteiger partial charge in [-0.2, -0.15) is 5.10 Å². The van der Waals surface area contributed by atoms with E-state index >= 15 is 0 Å². The van der Waals surface area contributed by atoms with Gasteiger partial charge in [0.1, 0.15) is 23.7 Å². The Kier molecular flexibility index (Phi) is 6.32. The molecule has 0 atom stereocenters. The lowest BCUT2D eigenvalue weighted by Gasteiger charge is -2.37. The van der Waals surface area contributed by atoms with Gasteiger partial charge < -0.3 is 14.7 Å². The molecule has 1 N–H and O–H groups in total. The Morgan fingerprint density at radius 3 is 2.52 bits per heavy atom. The third-order valence-electron chi connectivity index (χ3n) is 5.73. The first kappa shape index (κ1) is 21.4. The van der Waals surface area contributed by atoms with Gasteiger partial charge in [-0.3, -0.25) is 9.48 Å². The van der Waals surface area contributed by atoms with E-state index in [1.54, 1.807) is 9.58 Å². The summed E-state index contributed by atoms with van der Waals surface area (Å²) < 4.78 is 7.53. The molecule has 1 aliphatic rings. The first-order valence-corrected chi connectivity index (χ1v) is 10.4. The lowest BCUT2D eigenvalue weighted by molar-refractivity contribution is -0.0476. The lowest BCUT2D eigenvalue weighted by atomic mass is 9.92. The molecule has 0 saturated carbocycles. The summed E-state index contributed by atoms with van der Waals surface area (Å²) in [6.45, 7) is 9.65. The minimum Gasteiger partial charge on any atom is -0.491 e. The Balaban J connectivity index is 1.57. The number of nitrogens with zero attached hydrogens (tertiary/aromatic N) is 3. The second-order valence-corrected chi connectivity index (χ2v) is 8.79. The fourth-order valence-electron chi connectivity index (χ4n) is 3.70. The van der Waals surface area contributed by atoms with Crippen LogP contribution in [0.25, 0.3) is 0 Å². The summed E-state index contributed by atoms with van der Waals surface area (Å²) in [6, 6.07) is 7.85. The number of hydrogen-bond donors (Lipinski definition) is 1. The van der Waals surface area contributed by atoms with Gasteiger partial charge in [0.15, 0.2) is 0 Å². The van der Waals surface area contributed by atoms with Crippen molar-refractivity contribution < 1.29 is 14.6 Å². The van der Waals surface area contributed by atoms with E-state index in [0.29, 0.717) is 37.5 Å². The first-order chi connectivity index (χ1) is 13.7. The molecule has 158 valence electrons. The van der Waals surface area contributed by atoms with Crippen LogP contribution in [0.5, 0.6) is 5.75 Å². The van der Waals surface area contributed by atoms with E-state index in [9.17, 15) is 9.90 Å². The molecule has 29 heavy (non-hydrogen) atoms. The Labute approximate surface area is 173 Å². The molecule has 1 saturated heterocycles. The van der Waals surface area contributed by atoms with Gasteiger partial charge >= 0.3 is 0 Å². The number of hydrogen-bond acceptors (Lipinski definition) is 4. The van der Waals surface area contributed by atoms with E-state index in [1.165, 1.54) is 11.1 Å². The molecule has 6 heteroatoms. The number of likely N-dealkylation sites (tertiary alicyclic amines) is 1. The molecule has 1 fully saturated rings. The molecule has 0 unspecified atom stereocenters. The number of carbonyl (C=O) groups excluding carboxylic acids is 1. The third kappa shape index (κ3) is 5.18. The highest BCUT2D eigenvalue weighted by molar-refractivity contribution is 5.92. The van der Waals surface area contributed by atoms with Crippen LogP contribution in [-0.2, 0) is 13.5 Å². The van der Waals surface area contributed by atoms with Gasteiger partial charge in [-0.05, 0) is 68.4 Å². The lowest BCUT2D eigenvalue weighted by Crippen LogP contribution is -2.49. The molecule has 1 aromatic heterocycles. The van der Waals surface area contributed by atoms with Gasteiger partial charge in [0.2, 0.25) is 0 Å². The standard InChI is InChI=1S/C23H33N3O3/c1-16(2)12-19-14-21(25(5)24-19)22(27)26-10-8-23(28,9-11-26)15-29-20-7-6-17(3)18(4)13-20/h6-7,13-14,16,28H,8-12,15H2,1-5H3. The smallest absolute Gasteiger partial charge is 0.272 e. The largest absolute Gasteiger partial charge is 0.491 e. The van der Waals surface area contributed by atoms with Crippen molar-refractivity contribution in [1.82, 2.24) is 14.7 Å². The maximum atomic E-state index is 12.9. The number of aliphatic hydroxyl groups is 1. The summed E-state index contributed by atoms with van der Waals surface area (Å²) in [5.41, 5.74) is 3.03. The number of carbonyl (C=O) groups is 1. The number of aromatic nitrogens is 2. The molecule has 3 rings (SSSR count). The van der Waals surface area contributed by atoms with Gasteiger partial charge in [-0.1, -0.05) is 19.9 Å². The number of ether oxygens (including phenoxy) is 1. The molecule has 1 amide bonds. The summed E-state index contributed by atoms with van der Waals surface area (Å²) >= 11 is 0. The Bertz CT molecular complexity index is 864. The summed E-state index contributed by atoms with van der Waals surface area (Å²) in [5, 5.41) is 15.4. The molecule has 1 aliphatic heterocycles. The summed E-state index contributed by atoms with van der Waals surface area (Å²) in [4.78, 5) is 14.7. The maximum Gasteiger partial charge on any atom is 0.272 e. The molecule has 6 nitrogen and oxygen atoms in total. The molecule has 0 spiro atoms. The Morgan fingerprint density at radius 1 is 1.21 bits per heavy atom. The van der Waals surface area contributed by atoms with E-state index in [2.05, 4.69) is 25.9 Å². The normalized spacial score (nSPS) is 16.3. The van der Waals surface area contributed by atoms with Crippen molar-refractivity contribution in [3.63, 3.8) is 0 Å². The fourth-order valence-corrected chi connectivity index (χ4v) is 3.70. The van der Waals surface area contributed by atoms with Crippen LogP contribution in [0.4, 0.5) is 0 Å². The second-order valence-electron chi connectivity index (χ2n) is 8.79. The first-order valence-electron chi connectivity index (χ1n) is 10.4. The fraction of sp³-hybridized carbons (Fsp3) is 0.565. The van der Waals surface area contributed by atoms with Crippen molar-refractivity contribution in [3.8, 4) is 5.75 Å². The average molecular weight is 400 g/mol. The van der Waals surface area contributed by atoms with Crippen LogP contribution in [0.3, 0.4) is 0 Å². The summed E-state index contributed by atoms with van der Waals surface area (Å²) in [7, 11) is 1.81. The highest BCUT2D eigenvalue weighted by Crippen LogP contribution is 2.26. The van der Waals surface area contributed by atoms with Crippen molar-refractivity contribution in [1.29, 1.82) is 0 Å². The zero-order valence-corrected chi connectivity index (χ0v) is 18.2. The molecule has 2 heterocycles. The topological polar surface area (TPSA) is 67.6 Å². The summed E-state index contributed by atoms with van der Waals surface area (Å²) in [5.74, 6) is 1.25. The highest BCUT2D eigenvalue weighted by Gasteiger charge is 2.35. The van der Waals surface area contributed by atoms with Gasteiger partial charge in [-0.15, -0.1) is 0 Å². The van der Waals surface area contributed by atoms with Crippen molar-refractivity contribution in [2.45, 2.75) is 52.6 Å². The number of rotatable bonds is 6. The van der Waals surface area contributed by atoms with Crippen molar-refractivity contribution in [2.75, 3.05) is 19.7 Å². The molecular weight excluding hydrogens is 366 g/mol. The van der Waals surface area contributed by atoms with Crippen molar-refractivity contribution in [2.24, 2.45) is 13.0 Å². The SMILES string of the molecule is Cc1ccc(OCC2(O)CCN(C(=O)c3cc(CC(C)C)nn3C)CC2)cc1C. The molecule has 0 bridgehead atoms. The molecule has 2 aromatic rings. The zero-order valence-electron chi connectivity index (χ0n) is 18.2. The van der Waals surface area contributed by atoms with Crippen LogP contribution in [0.2, 0.25) is 0 Å². The van der Waals surface area contributed by atoms with Crippen LogP contribution in [-0.4, -0.2) is 51.0 Å². The van der Waals surface area contributed by atoms with Crippen molar-refractivity contribution >= 4 is 5.91 Å². The van der Waals surface area contributed by atoms with E-state index in [-0.39, 0.29) is 12.5 Å². The average Bonchev–Trinajstić information content (AvgIpc) is 3.02. The number of piperidine rings is 1. The Hall–Kier alpha value is -2.34. The van der Waals surface area contributed by atoms with E-state index < -0.39 is 5.60 Å².